The van der Waals surface area contributed by atoms with E-state index in [2.05, 4.69) is 30.6 Å². The molecule has 126 valence electrons. The summed E-state index contributed by atoms with van der Waals surface area (Å²) in [6, 6.07) is 7.43. The molecule has 0 saturated carbocycles. The fraction of sp³-hybridized carbons (Fsp3) is 0.368. The summed E-state index contributed by atoms with van der Waals surface area (Å²) in [4.78, 5) is 14.3. The van der Waals surface area contributed by atoms with Gasteiger partial charge in [-0.25, -0.2) is 0 Å². The number of aromatic nitrogens is 2. The van der Waals surface area contributed by atoms with Crippen LogP contribution < -0.4 is 0 Å². The van der Waals surface area contributed by atoms with Crippen LogP contribution in [0.3, 0.4) is 0 Å². The van der Waals surface area contributed by atoms with Gasteiger partial charge in [0.15, 0.2) is 0 Å². The average Bonchev–Trinajstić information content (AvgIpc) is 2.97. The van der Waals surface area contributed by atoms with E-state index in [1.54, 1.807) is 6.08 Å². The third-order valence-electron chi connectivity index (χ3n) is 4.17. The molecule has 2 aromatic rings. The van der Waals surface area contributed by atoms with Gasteiger partial charge in [-0.15, -0.1) is 0 Å². The lowest BCUT2D eigenvalue weighted by molar-refractivity contribution is -0.126. The van der Waals surface area contributed by atoms with Crippen molar-refractivity contribution in [2.75, 3.05) is 6.54 Å². The van der Waals surface area contributed by atoms with E-state index < -0.39 is 0 Å². The molecule has 1 aliphatic rings. The van der Waals surface area contributed by atoms with E-state index >= 15 is 0 Å². The lowest BCUT2D eigenvalue weighted by atomic mass is 10.0. The fourth-order valence-electron chi connectivity index (χ4n) is 2.94. The third-order valence-corrected chi connectivity index (χ3v) is 4.42. The van der Waals surface area contributed by atoms with Crippen molar-refractivity contribution in [3.8, 4) is 0 Å². The highest BCUT2D eigenvalue weighted by Gasteiger charge is 2.26. The van der Waals surface area contributed by atoms with Gasteiger partial charge < -0.3 is 4.90 Å². The number of carbonyl (C=O) groups is 1. The first kappa shape index (κ1) is 16.8. The molecule has 0 N–H and O–H groups in total. The summed E-state index contributed by atoms with van der Waals surface area (Å²) in [5.41, 5.74) is 3.32. The Morgan fingerprint density at radius 1 is 1.25 bits per heavy atom. The molecule has 1 amide bonds. The predicted octanol–water partition coefficient (Wildman–Crippen LogP) is 3.89. The van der Waals surface area contributed by atoms with Crippen molar-refractivity contribution in [3.05, 3.63) is 58.4 Å². The van der Waals surface area contributed by atoms with Gasteiger partial charge in [0.05, 0.1) is 11.7 Å². The van der Waals surface area contributed by atoms with Crippen LogP contribution in [0.5, 0.6) is 0 Å². The zero-order chi connectivity index (χ0) is 17.3. The number of nitrogens with zero attached hydrogens (tertiary/aromatic N) is 3. The zero-order valence-electron chi connectivity index (χ0n) is 14.3. The number of carbonyl (C=O) groups excluding carboxylic acids is 1. The molecule has 0 unspecified atom stereocenters. The Morgan fingerprint density at radius 3 is 2.62 bits per heavy atom. The van der Waals surface area contributed by atoms with Gasteiger partial charge in [-0.05, 0) is 44.5 Å². The minimum atomic E-state index is -0.0335. The Bertz CT molecular complexity index is 769. The number of hydrogen-bond donors (Lipinski definition) is 0. The summed E-state index contributed by atoms with van der Waals surface area (Å²) in [5, 5.41) is 5.21. The molecule has 0 spiro atoms. The van der Waals surface area contributed by atoms with Gasteiger partial charge in [-0.3, -0.25) is 9.48 Å². The van der Waals surface area contributed by atoms with Gasteiger partial charge in [0, 0.05) is 41.9 Å². The van der Waals surface area contributed by atoms with Gasteiger partial charge >= 0.3 is 0 Å². The highest BCUT2D eigenvalue weighted by atomic mass is 35.5. The van der Waals surface area contributed by atoms with E-state index in [-0.39, 0.29) is 11.4 Å². The first-order valence-corrected chi connectivity index (χ1v) is 8.51. The van der Waals surface area contributed by atoms with Gasteiger partial charge in [-0.2, -0.15) is 5.10 Å². The van der Waals surface area contributed by atoms with Gasteiger partial charge in [0.25, 0.3) is 0 Å². The molecule has 0 bridgehead atoms. The van der Waals surface area contributed by atoms with E-state index in [1.807, 2.05) is 41.4 Å². The van der Waals surface area contributed by atoms with Crippen LogP contribution in [0.1, 0.15) is 37.6 Å². The Morgan fingerprint density at radius 2 is 1.96 bits per heavy atom. The fourth-order valence-corrected chi connectivity index (χ4v) is 3.07. The second-order valence-corrected chi connectivity index (χ2v) is 7.53. The van der Waals surface area contributed by atoms with Crippen LogP contribution in [0.25, 0.3) is 6.08 Å². The highest BCUT2D eigenvalue weighted by Crippen LogP contribution is 2.24. The minimum absolute atomic E-state index is 0.0270. The zero-order valence-corrected chi connectivity index (χ0v) is 15.0. The molecule has 0 aliphatic carbocycles. The molecule has 4 nitrogen and oxygen atoms in total. The summed E-state index contributed by atoms with van der Waals surface area (Å²) in [5.74, 6) is 0.0270. The van der Waals surface area contributed by atoms with Crippen molar-refractivity contribution in [2.24, 2.45) is 0 Å². The molecule has 3 rings (SSSR count). The van der Waals surface area contributed by atoms with Crippen LogP contribution in [0.15, 0.2) is 36.5 Å². The largest absolute Gasteiger partial charge is 0.334 e. The Labute approximate surface area is 147 Å². The number of fused-ring (bicyclic) bond motifs is 1. The SMILES string of the molecule is CC(C)(C)n1ncc2c1CCN(C(=O)/C=C/c1ccc(Cl)cc1)C2. The summed E-state index contributed by atoms with van der Waals surface area (Å²) in [7, 11) is 0. The van der Waals surface area contributed by atoms with E-state index in [9.17, 15) is 4.79 Å². The van der Waals surface area contributed by atoms with Crippen molar-refractivity contribution in [2.45, 2.75) is 39.3 Å². The molecular formula is C19H22ClN3O. The molecule has 1 aromatic heterocycles. The quantitative estimate of drug-likeness (QED) is 0.776. The van der Waals surface area contributed by atoms with Crippen LogP contribution >= 0.6 is 11.6 Å². The molecule has 5 heteroatoms. The Hall–Kier alpha value is -2.07. The third kappa shape index (κ3) is 3.54. The van der Waals surface area contributed by atoms with Crippen molar-refractivity contribution in [1.82, 2.24) is 14.7 Å². The van der Waals surface area contributed by atoms with E-state index in [0.29, 0.717) is 11.6 Å². The van der Waals surface area contributed by atoms with Crippen molar-refractivity contribution in [1.29, 1.82) is 0 Å². The van der Waals surface area contributed by atoms with Crippen LogP contribution in [0.2, 0.25) is 5.02 Å². The van der Waals surface area contributed by atoms with Gasteiger partial charge in [0.2, 0.25) is 5.91 Å². The lowest BCUT2D eigenvalue weighted by Crippen LogP contribution is -2.36. The number of amides is 1. The summed E-state index contributed by atoms with van der Waals surface area (Å²) in [6.45, 7) is 7.78. The molecule has 0 saturated heterocycles. The topological polar surface area (TPSA) is 38.1 Å². The van der Waals surface area contributed by atoms with Crippen LogP contribution in [0, 0.1) is 0 Å². The second-order valence-electron chi connectivity index (χ2n) is 7.09. The van der Waals surface area contributed by atoms with Crippen LogP contribution in [0.4, 0.5) is 0 Å². The Balaban J connectivity index is 1.70. The number of hydrogen-bond acceptors (Lipinski definition) is 2. The average molecular weight is 344 g/mol. The standard InChI is InChI=1S/C19H22ClN3O/c1-19(2,3)23-17-10-11-22(13-15(17)12-21-23)18(24)9-6-14-4-7-16(20)8-5-14/h4-9,12H,10-11,13H2,1-3H3/b9-6+. The van der Waals surface area contributed by atoms with E-state index in [4.69, 9.17) is 11.6 Å². The molecule has 2 heterocycles. The molecule has 24 heavy (non-hydrogen) atoms. The molecule has 0 radical (unpaired) electrons. The number of benzene rings is 1. The monoisotopic (exact) mass is 343 g/mol. The second kappa shape index (κ2) is 6.44. The molecule has 0 fully saturated rings. The maximum absolute atomic E-state index is 12.4. The normalized spacial score (nSPS) is 14.9. The highest BCUT2D eigenvalue weighted by molar-refractivity contribution is 6.30. The summed E-state index contributed by atoms with van der Waals surface area (Å²) in [6.07, 6.45) is 6.19. The van der Waals surface area contributed by atoms with Crippen LogP contribution in [-0.4, -0.2) is 27.1 Å². The lowest BCUT2D eigenvalue weighted by Gasteiger charge is -2.29. The summed E-state index contributed by atoms with van der Waals surface area (Å²) >= 11 is 5.87. The number of rotatable bonds is 2. The first-order chi connectivity index (χ1) is 11.3. The van der Waals surface area contributed by atoms with Crippen LogP contribution in [-0.2, 0) is 23.3 Å². The van der Waals surface area contributed by atoms with E-state index in [1.165, 1.54) is 5.69 Å². The van der Waals surface area contributed by atoms with Crippen molar-refractivity contribution >= 4 is 23.6 Å². The molecule has 1 aromatic carbocycles. The smallest absolute Gasteiger partial charge is 0.246 e. The number of halogens is 1. The maximum atomic E-state index is 12.4. The minimum Gasteiger partial charge on any atom is -0.334 e. The molecule has 0 atom stereocenters. The molecular weight excluding hydrogens is 322 g/mol. The molecule has 1 aliphatic heterocycles. The van der Waals surface area contributed by atoms with Gasteiger partial charge in [0.1, 0.15) is 0 Å². The summed E-state index contributed by atoms with van der Waals surface area (Å²) < 4.78 is 2.08. The maximum Gasteiger partial charge on any atom is 0.246 e. The van der Waals surface area contributed by atoms with Crippen molar-refractivity contribution < 1.29 is 4.79 Å². The Kier molecular flexibility index (Phi) is 4.50. The predicted molar refractivity (Wildman–Crippen MR) is 96.8 cm³/mol. The van der Waals surface area contributed by atoms with Crippen molar-refractivity contribution in [3.63, 3.8) is 0 Å². The first-order valence-electron chi connectivity index (χ1n) is 8.13. The van der Waals surface area contributed by atoms with E-state index in [0.717, 1.165) is 24.1 Å². The van der Waals surface area contributed by atoms with Gasteiger partial charge in [-0.1, -0.05) is 23.7 Å².